The van der Waals surface area contributed by atoms with Gasteiger partial charge < -0.3 is 34.0 Å². The normalized spacial score (nSPS) is 14.0. The molecule has 1 aliphatic rings. The summed E-state index contributed by atoms with van der Waals surface area (Å²) in [5.74, 6) is 0. The molecule has 0 fully saturated rings. The van der Waals surface area contributed by atoms with Crippen molar-refractivity contribution in [2.45, 2.75) is 6.42 Å². The molecule has 0 aromatic heterocycles. The quantitative estimate of drug-likeness (QED) is 0.390. The van der Waals surface area contributed by atoms with Gasteiger partial charge in [-0.05, 0) is 0 Å². The van der Waals surface area contributed by atoms with E-state index in [1.807, 2.05) is 0 Å². The van der Waals surface area contributed by atoms with Gasteiger partial charge in [0, 0.05) is 0 Å². The van der Waals surface area contributed by atoms with Gasteiger partial charge in [-0.3, -0.25) is 0 Å². The summed E-state index contributed by atoms with van der Waals surface area (Å²) in [7, 11) is 0. The summed E-state index contributed by atoms with van der Waals surface area (Å²) < 4.78 is 1.47. The molecule has 1 aliphatic carbocycles. The molecular weight excluding hydrogens is 268 g/mol. The number of hydrogen-bond donors (Lipinski definition) is 0. The molecule has 0 aliphatic heterocycles. The van der Waals surface area contributed by atoms with E-state index in [1.165, 1.54) is 10.3 Å². The summed E-state index contributed by atoms with van der Waals surface area (Å²) in [6.45, 7) is 0. The van der Waals surface area contributed by atoms with Gasteiger partial charge in [0.05, 0.1) is 0 Å². The monoisotopic (exact) mass is 271 g/mol. The maximum atomic E-state index is 2.16. The summed E-state index contributed by atoms with van der Waals surface area (Å²) in [6, 6.07) is 0. The van der Waals surface area contributed by atoms with Gasteiger partial charge >= 0.3 is 49.0 Å². The van der Waals surface area contributed by atoms with Crippen LogP contribution in [0.1, 0.15) is 6.42 Å². The van der Waals surface area contributed by atoms with Gasteiger partial charge in [-0.2, -0.15) is 0 Å². The summed E-state index contributed by atoms with van der Waals surface area (Å²) in [4.78, 5) is 0. The molecule has 0 nitrogen and oxygen atoms in total. The van der Waals surface area contributed by atoms with Crippen molar-refractivity contribution < 1.29 is 54.4 Å². The third-order valence-electron chi connectivity index (χ3n) is 0.771. The van der Waals surface area contributed by atoms with Crippen LogP contribution in [0.3, 0.4) is 0 Å². The van der Waals surface area contributed by atoms with Gasteiger partial charge in [-0.1, -0.05) is 0 Å². The first kappa shape index (κ1) is 11.9. The third-order valence-corrected chi connectivity index (χ3v) is 1.35. The molecule has 0 saturated carbocycles. The Kier molecular flexibility index (Phi) is 9.33. The fraction of sp³-hybridized carbons (Fsp3) is 0.200. The summed E-state index contributed by atoms with van der Waals surface area (Å²) in [5, 5.41) is 0. The van der Waals surface area contributed by atoms with Crippen molar-refractivity contribution in [3.05, 3.63) is 22.1 Å². The molecule has 43 valence electrons. The van der Waals surface area contributed by atoms with Crippen LogP contribution >= 0.6 is 0 Å². The van der Waals surface area contributed by atoms with E-state index in [4.69, 9.17) is 0 Å². The molecule has 0 bridgehead atoms. The van der Waals surface area contributed by atoms with Crippen LogP contribution in [0.15, 0.2) is 22.1 Å². The topological polar surface area (TPSA) is 0 Å². The van der Waals surface area contributed by atoms with E-state index >= 15 is 0 Å². The molecule has 1 rings (SSSR count). The van der Waals surface area contributed by atoms with Crippen LogP contribution in [0.5, 0.6) is 0 Å². The molecule has 8 heavy (non-hydrogen) atoms. The van der Waals surface area contributed by atoms with E-state index in [0.29, 0.717) is 0 Å². The van der Waals surface area contributed by atoms with Crippen LogP contribution in [0.25, 0.3) is 0 Å². The molecule has 3 heteroatoms. The number of hydrogen-bond acceptors (Lipinski definition) is 0. The fourth-order valence-electron chi connectivity index (χ4n) is 0.447. The van der Waals surface area contributed by atoms with Gasteiger partial charge in [0.25, 0.3) is 0 Å². The Balaban J connectivity index is 0. The molecule has 0 amide bonds. The molecular formula is C5H5Br2Ti. The van der Waals surface area contributed by atoms with E-state index in [-0.39, 0.29) is 34.0 Å². The Hall–Kier alpha value is 1.15. The summed E-state index contributed by atoms with van der Waals surface area (Å²) >= 11 is 2.14. The van der Waals surface area contributed by atoms with Crippen LogP contribution in [0.4, 0.5) is 0 Å². The predicted molar refractivity (Wildman–Crippen MR) is 21.8 cm³/mol. The van der Waals surface area contributed by atoms with Gasteiger partial charge in [0.2, 0.25) is 0 Å². The molecule has 0 saturated heterocycles. The molecule has 0 atom stereocenters. The maximum absolute atomic E-state index is 2.16. The van der Waals surface area contributed by atoms with Crippen molar-refractivity contribution in [2.24, 2.45) is 0 Å². The molecule has 0 spiro atoms. The number of allylic oxidation sites excluding steroid dienone is 4. The van der Waals surface area contributed by atoms with Gasteiger partial charge in [-0.25, -0.2) is 0 Å². The van der Waals surface area contributed by atoms with E-state index in [9.17, 15) is 0 Å². The predicted octanol–water partition coefficient (Wildman–Crippen LogP) is -4.61. The Morgan fingerprint density at radius 3 is 2.12 bits per heavy atom. The van der Waals surface area contributed by atoms with Crippen molar-refractivity contribution in [1.82, 2.24) is 0 Å². The van der Waals surface area contributed by atoms with Crippen LogP contribution in [-0.4, -0.2) is 0 Å². The third kappa shape index (κ3) is 4.08. The Bertz CT molecular complexity index is 107. The Morgan fingerprint density at radius 2 is 2.00 bits per heavy atom. The molecule has 0 aromatic rings. The van der Waals surface area contributed by atoms with Crippen molar-refractivity contribution in [2.75, 3.05) is 0 Å². The minimum atomic E-state index is 0. The molecule has 0 heterocycles. The van der Waals surface area contributed by atoms with Crippen molar-refractivity contribution >= 4 is 0 Å². The number of halogens is 2. The van der Waals surface area contributed by atoms with Crippen molar-refractivity contribution in [3.63, 3.8) is 0 Å². The average molecular weight is 273 g/mol. The van der Waals surface area contributed by atoms with Gasteiger partial charge in [0.1, 0.15) is 0 Å². The van der Waals surface area contributed by atoms with E-state index < -0.39 is 0 Å². The van der Waals surface area contributed by atoms with Crippen LogP contribution in [0, 0.1) is 0 Å². The average Bonchev–Trinajstić information content (AvgIpc) is 1.86. The van der Waals surface area contributed by atoms with E-state index in [2.05, 4.69) is 38.7 Å². The second-order valence-corrected chi connectivity index (χ2v) is 2.33. The zero-order valence-electron chi connectivity index (χ0n) is 4.20. The molecule has 0 radical (unpaired) electrons. The summed E-state index contributed by atoms with van der Waals surface area (Å²) in [5.41, 5.74) is 0. The Morgan fingerprint density at radius 1 is 1.38 bits per heavy atom. The molecule has 0 aromatic carbocycles. The first-order valence-electron chi connectivity index (χ1n) is 1.97. The first-order chi connectivity index (χ1) is 2.89. The minimum absolute atomic E-state index is 0. The standard InChI is InChI=1S/C5H5.2BrH.Ti/c1-2-4-5-3-1;;;/h1-3H,4H2;2*1H;/q;;;+2/p-2. The fourth-order valence-corrected chi connectivity index (χ4v) is 0.782. The second-order valence-electron chi connectivity index (χ2n) is 1.32. The Labute approximate surface area is 82.4 Å². The van der Waals surface area contributed by atoms with E-state index in [1.54, 1.807) is 0 Å². The second kappa shape index (κ2) is 6.28. The van der Waals surface area contributed by atoms with Crippen LogP contribution in [-0.2, 0) is 20.4 Å². The van der Waals surface area contributed by atoms with Crippen LogP contribution < -0.4 is 34.0 Å². The van der Waals surface area contributed by atoms with E-state index in [0.717, 1.165) is 0 Å². The van der Waals surface area contributed by atoms with Gasteiger partial charge in [-0.15, -0.1) is 0 Å². The zero-order chi connectivity index (χ0) is 4.41. The first-order valence-corrected chi connectivity index (χ1v) is 2.75. The number of rotatable bonds is 0. The van der Waals surface area contributed by atoms with Crippen molar-refractivity contribution in [1.29, 1.82) is 0 Å². The molecule has 0 N–H and O–H groups in total. The van der Waals surface area contributed by atoms with Crippen LogP contribution in [0.2, 0.25) is 0 Å². The zero-order valence-corrected chi connectivity index (χ0v) is 8.93. The van der Waals surface area contributed by atoms with Crippen molar-refractivity contribution in [3.8, 4) is 0 Å². The SMILES string of the molecule is [Br-].[Br-].[Ti+2][C]1=CC=CC1. The summed E-state index contributed by atoms with van der Waals surface area (Å²) in [6.07, 6.45) is 7.56. The molecule has 0 unspecified atom stereocenters. The van der Waals surface area contributed by atoms with Gasteiger partial charge in [0.15, 0.2) is 0 Å².